The molecule has 0 aromatic carbocycles. The molecule has 0 unspecified atom stereocenters. The van der Waals surface area contributed by atoms with Crippen molar-refractivity contribution in [1.29, 1.82) is 0 Å². The van der Waals surface area contributed by atoms with Crippen LogP contribution in [0.25, 0.3) is 0 Å². The molecular weight excluding hydrogens is 292 g/mol. The van der Waals surface area contributed by atoms with Crippen LogP contribution >= 0.6 is 28.3 Å². The zero-order valence-electron chi connectivity index (χ0n) is 9.06. The summed E-state index contributed by atoms with van der Waals surface area (Å²) in [6.45, 7) is 6.46. The van der Waals surface area contributed by atoms with Gasteiger partial charge in [0.2, 0.25) is 0 Å². The van der Waals surface area contributed by atoms with Crippen LogP contribution in [-0.2, 0) is 16.0 Å². The van der Waals surface area contributed by atoms with Crippen molar-refractivity contribution in [2.24, 2.45) is 0 Å². The molecular formula is C10H15BrN2O2S. The lowest BCUT2D eigenvalue weighted by Gasteiger charge is -1.98. The molecule has 0 spiro atoms. The maximum Gasteiger partial charge on any atom is 0.312 e. The summed E-state index contributed by atoms with van der Waals surface area (Å²) in [4.78, 5) is 15.4. The van der Waals surface area contributed by atoms with Gasteiger partial charge in [-0.2, -0.15) is 0 Å². The third-order valence-corrected chi connectivity index (χ3v) is 2.43. The lowest BCUT2D eigenvalue weighted by Crippen LogP contribution is -2.07. The monoisotopic (exact) mass is 306 g/mol. The van der Waals surface area contributed by atoms with Crippen LogP contribution in [0.4, 0.5) is 5.82 Å². The minimum atomic E-state index is -0.234. The Morgan fingerprint density at radius 2 is 2.50 bits per heavy atom. The number of nitrogens with zero attached hydrogens (tertiary/aromatic N) is 1. The smallest absolute Gasteiger partial charge is 0.312 e. The first-order valence-corrected chi connectivity index (χ1v) is 5.59. The Morgan fingerprint density at radius 1 is 1.75 bits per heavy atom. The summed E-state index contributed by atoms with van der Waals surface area (Å²) >= 11 is 1.45. The van der Waals surface area contributed by atoms with Crippen LogP contribution in [0.5, 0.6) is 0 Å². The lowest BCUT2D eigenvalue weighted by atomic mass is 10.4. The van der Waals surface area contributed by atoms with E-state index < -0.39 is 0 Å². The van der Waals surface area contributed by atoms with Crippen molar-refractivity contribution in [3.05, 3.63) is 23.0 Å². The molecule has 0 aliphatic heterocycles. The maximum absolute atomic E-state index is 11.1. The van der Waals surface area contributed by atoms with Gasteiger partial charge in [0, 0.05) is 11.9 Å². The molecule has 1 N–H and O–H groups in total. The lowest BCUT2D eigenvalue weighted by molar-refractivity contribution is -0.142. The van der Waals surface area contributed by atoms with Crippen molar-refractivity contribution in [3.63, 3.8) is 0 Å². The number of ether oxygens (including phenoxy) is 1. The molecule has 0 atom stereocenters. The van der Waals surface area contributed by atoms with Gasteiger partial charge in [-0.15, -0.1) is 34.9 Å². The number of nitrogens with one attached hydrogen (secondary N) is 1. The van der Waals surface area contributed by atoms with Gasteiger partial charge in [-0.25, -0.2) is 4.98 Å². The summed E-state index contributed by atoms with van der Waals surface area (Å²) in [6, 6.07) is 0. The van der Waals surface area contributed by atoms with Gasteiger partial charge < -0.3 is 10.1 Å². The number of halogens is 1. The second-order valence-corrected chi connectivity index (χ2v) is 3.72. The topological polar surface area (TPSA) is 51.2 Å². The van der Waals surface area contributed by atoms with Crippen LogP contribution in [0.3, 0.4) is 0 Å². The molecule has 0 radical (unpaired) electrons. The third-order valence-electron chi connectivity index (χ3n) is 1.58. The van der Waals surface area contributed by atoms with Crippen LogP contribution in [0.2, 0.25) is 0 Å². The number of carbonyl (C=O) groups is 1. The van der Waals surface area contributed by atoms with Crippen molar-refractivity contribution in [2.75, 3.05) is 18.5 Å². The fourth-order valence-electron chi connectivity index (χ4n) is 0.986. The molecule has 0 saturated heterocycles. The van der Waals surface area contributed by atoms with E-state index in [1.165, 1.54) is 11.3 Å². The highest BCUT2D eigenvalue weighted by atomic mass is 79.9. The largest absolute Gasteiger partial charge is 0.466 e. The zero-order chi connectivity index (χ0) is 11.1. The first kappa shape index (κ1) is 15.1. The summed E-state index contributed by atoms with van der Waals surface area (Å²) < 4.78 is 4.83. The normalized spacial score (nSPS) is 9.06. The first-order chi connectivity index (χ1) is 7.26. The molecule has 0 fully saturated rings. The molecule has 0 bridgehead atoms. The van der Waals surface area contributed by atoms with E-state index in [4.69, 9.17) is 4.74 Å². The summed E-state index contributed by atoms with van der Waals surface area (Å²) in [5, 5.41) is 5.69. The van der Waals surface area contributed by atoms with Crippen molar-refractivity contribution < 1.29 is 9.53 Å². The maximum atomic E-state index is 11.1. The van der Waals surface area contributed by atoms with Crippen LogP contribution in [0.15, 0.2) is 18.0 Å². The van der Waals surface area contributed by atoms with E-state index in [0.29, 0.717) is 13.2 Å². The van der Waals surface area contributed by atoms with E-state index in [1.54, 1.807) is 13.0 Å². The average molecular weight is 307 g/mol. The SMILES string of the molecule is Br.C=CCNc1csc(CC(=O)OCC)n1. The fraction of sp³-hybridized carbons (Fsp3) is 0.400. The highest BCUT2D eigenvalue weighted by Crippen LogP contribution is 2.14. The predicted octanol–water partition coefficient (Wildman–Crippen LogP) is 2.42. The Labute approximate surface area is 109 Å². The van der Waals surface area contributed by atoms with Gasteiger partial charge in [0.05, 0.1) is 13.0 Å². The second-order valence-electron chi connectivity index (χ2n) is 2.78. The van der Waals surface area contributed by atoms with E-state index in [2.05, 4.69) is 16.9 Å². The van der Waals surface area contributed by atoms with Crippen LogP contribution in [-0.4, -0.2) is 24.1 Å². The molecule has 1 aromatic rings. The van der Waals surface area contributed by atoms with Crippen LogP contribution in [0.1, 0.15) is 11.9 Å². The molecule has 90 valence electrons. The first-order valence-electron chi connectivity index (χ1n) is 4.71. The van der Waals surface area contributed by atoms with Crippen LogP contribution < -0.4 is 5.32 Å². The number of hydrogen-bond acceptors (Lipinski definition) is 5. The number of esters is 1. The average Bonchev–Trinajstić information content (AvgIpc) is 2.63. The standard InChI is InChI=1S/C10H14N2O2S.BrH/c1-3-5-11-8-7-15-9(12-8)6-10(13)14-4-2;/h3,7,11H,1,4-6H2,2H3;1H. The Hall–Kier alpha value is -0.880. The highest BCUT2D eigenvalue weighted by Gasteiger charge is 2.07. The Kier molecular flexibility index (Phi) is 7.84. The van der Waals surface area contributed by atoms with Gasteiger partial charge in [-0.05, 0) is 6.92 Å². The van der Waals surface area contributed by atoms with Gasteiger partial charge in [0.15, 0.2) is 0 Å². The minimum absolute atomic E-state index is 0. The summed E-state index contributed by atoms with van der Waals surface area (Å²) in [7, 11) is 0. The highest BCUT2D eigenvalue weighted by molar-refractivity contribution is 8.93. The Bertz CT molecular complexity index is 341. The quantitative estimate of drug-likeness (QED) is 0.648. The fourth-order valence-corrected chi connectivity index (χ4v) is 1.72. The molecule has 16 heavy (non-hydrogen) atoms. The van der Waals surface area contributed by atoms with Crippen LogP contribution in [0, 0.1) is 0 Å². The molecule has 1 aromatic heterocycles. The molecule has 1 rings (SSSR count). The molecule has 0 aliphatic carbocycles. The summed E-state index contributed by atoms with van der Waals surface area (Å²) in [6.07, 6.45) is 2.00. The van der Waals surface area contributed by atoms with Crippen molar-refractivity contribution in [1.82, 2.24) is 4.98 Å². The Morgan fingerprint density at radius 3 is 3.12 bits per heavy atom. The molecule has 0 saturated carbocycles. The molecule has 4 nitrogen and oxygen atoms in total. The van der Waals surface area contributed by atoms with E-state index in [0.717, 1.165) is 10.8 Å². The number of hydrogen-bond donors (Lipinski definition) is 1. The third kappa shape index (κ3) is 5.27. The summed E-state index contributed by atoms with van der Waals surface area (Å²) in [5.74, 6) is 0.543. The summed E-state index contributed by atoms with van der Waals surface area (Å²) in [5.41, 5.74) is 0. The van der Waals surface area contributed by atoms with Crippen molar-refractivity contribution in [2.45, 2.75) is 13.3 Å². The zero-order valence-corrected chi connectivity index (χ0v) is 11.6. The predicted molar refractivity (Wildman–Crippen MR) is 71.5 cm³/mol. The molecule has 1 heterocycles. The number of thiazole rings is 1. The van der Waals surface area contributed by atoms with Crippen molar-refractivity contribution >= 4 is 40.1 Å². The van der Waals surface area contributed by atoms with Gasteiger partial charge in [0.25, 0.3) is 0 Å². The van der Waals surface area contributed by atoms with Gasteiger partial charge in [0.1, 0.15) is 10.8 Å². The van der Waals surface area contributed by atoms with E-state index in [9.17, 15) is 4.79 Å². The number of carbonyl (C=O) groups excluding carboxylic acids is 1. The van der Waals surface area contributed by atoms with E-state index in [1.807, 2.05) is 5.38 Å². The second kappa shape index (κ2) is 8.29. The Balaban J connectivity index is 0.00000225. The molecule has 0 amide bonds. The van der Waals surface area contributed by atoms with E-state index in [-0.39, 0.29) is 29.4 Å². The molecule has 6 heteroatoms. The number of anilines is 1. The van der Waals surface area contributed by atoms with Gasteiger partial charge in [-0.1, -0.05) is 6.08 Å². The molecule has 0 aliphatic rings. The van der Waals surface area contributed by atoms with Gasteiger partial charge in [-0.3, -0.25) is 4.79 Å². The van der Waals surface area contributed by atoms with E-state index >= 15 is 0 Å². The van der Waals surface area contributed by atoms with Crippen molar-refractivity contribution in [3.8, 4) is 0 Å². The number of aromatic nitrogens is 1. The van der Waals surface area contributed by atoms with Gasteiger partial charge >= 0.3 is 5.97 Å². The number of rotatable bonds is 6. The minimum Gasteiger partial charge on any atom is -0.466 e.